The lowest BCUT2D eigenvalue weighted by Crippen LogP contribution is -2.74. The van der Waals surface area contributed by atoms with E-state index in [1.165, 1.54) is 0 Å². The van der Waals surface area contributed by atoms with Crippen molar-refractivity contribution < 1.29 is 34.2 Å². The summed E-state index contributed by atoms with van der Waals surface area (Å²) < 4.78 is 55.2. The van der Waals surface area contributed by atoms with E-state index in [-0.39, 0.29) is 24.4 Å². The summed E-state index contributed by atoms with van der Waals surface area (Å²) in [6.07, 6.45) is 3.01. The molecule has 1 rings (SSSR count). The summed E-state index contributed by atoms with van der Waals surface area (Å²) in [5.41, 5.74) is 0. The molecule has 0 unspecified atom stereocenters. The smallest absolute Gasteiger partial charge is 0.372 e. The van der Waals surface area contributed by atoms with Crippen LogP contribution in [0.15, 0.2) is 0 Å². The third-order valence-corrected chi connectivity index (χ3v) is 22.9. The minimum absolute atomic E-state index is 0.0908. The van der Waals surface area contributed by atoms with Crippen LogP contribution in [0.1, 0.15) is 109 Å². The minimum Gasteiger partial charge on any atom is -0.372 e. The Balaban J connectivity index is 3.94. The summed E-state index contributed by atoms with van der Waals surface area (Å²) in [5.74, 6) is 0. The van der Waals surface area contributed by atoms with Crippen molar-refractivity contribution in [2.24, 2.45) is 0 Å². The Labute approximate surface area is 226 Å². The summed E-state index contributed by atoms with van der Waals surface area (Å²) in [7, 11) is -13.4. The van der Waals surface area contributed by atoms with Crippen molar-refractivity contribution in [1.82, 2.24) is 0 Å². The zero-order valence-corrected chi connectivity index (χ0v) is 29.2. The standard InChI is InChI=1S/C24H56O8Si4/c1-13-17-33(25-21(5)6)29-34(18-14-2,26-22(7)8)31-36(20-16-4,28-24(11)12)32-35(30-33,19-15-3)27-23(9)10/h21-24H,13-20H2,1-12H3. The van der Waals surface area contributed by atoms with Gasteiger partial charge in [0.25, 0.3) is 0 Å². The van der Waals surface area contributed by atoms with Gasteiger partial charge in [-0.25, -0.2) is 0 Å². The van der Waals surface area contributed by atoms with Gasteiger partial charge in [-0.2, -0.15) is 0 Å². The van der Waals surface area contributed by atoms with Crippen LogP contribution in [0.4, 0.5) is 0 Å². The summed E-state index contributed by atoms with van der Waals surface area (Å²) in [4.78, 5) is 0. The molecule has 0 aromatic heterocycles. The van der Waals surface area contributed by atoms with Crippen LogP contribution in [-0.2, 0) is 34.2 Å². The molecule has 0 aromatic carbocycles. The topological polar surface area (TPSA) is 73.8 Å². The first kappa shape index (κ1) is 34.6. The molecular formula is C24H56O8Si4. The van der Waals surface area contributed by atoms with Crippen molar-refractivity contribution in [3.63, 3.8) is 0 Å². The van der Waals surface area contributed by atoms with Crippen molar-refractivity contribution in [3.8, 4) is 0 Å². The Kier molecular flexibility index (Phi) is 14.8. The van der Waals surface area contributed by atoms with Gasteiger partial charge in [0.1, 0.15) is 0 Å². The second-order valence-corrected chi connectivity index (χ2v) is 22.5. The van der Waals surface area contributed by atoms with Crippen molar-refractivity contribution in [2.45, 2.75) is 157 Å². The maximum atomic E-state index is 7.15. The lowest BCUT2D eigenvalue weighted by molar-refractivity contribution is -0.0127. The highest BCUT2D eigenvalue weighted by molar-refractivity contribution is 6.89. The molecule has 1 heterocycles. The Morgan fingerprint density at radius 2 is 0.556 bits per heavy atom. The van der Waals surface area contributed by atoms with Gasteiger partial charge >= 0.3 is 35.2 Å². The van der Waals surface area contributed by atoms with Gasteiger partial charge in [0.05, 0.1) is 0 Å². The highest BCUT2D eigenvalue weighted by Gasteiger charge is 2.68. The monoisotopic (exact) mass is 584 g/mol. The molecule has 0 bridgehead atoms. The van der Waals surface area contributed by atoms with Gasteiger partial charge in [-0.1, -0.05) is 53.4 Å². The van der Waals surface area contributed by atoms with Gasteiger partial charge in [0, 0.05) is 48.6 Å². The summed E-state index contributed by atoms with van der Waals surface area (Å²) in [6, 6.07) is 2.58. The average Bonchev–Trinajstić information content (AvgIpc) is 2.64. The SMILES string of the molecule is CCC[Si]1(OC(C)C)O[Si](CCC)(OC(C)C)O[Si](CCC)(OC(C)C)O[Si](CCC)(OC(C)C)O1. The molecule has 1 aliphatic rings. The molecule has 0 aromatic rings. The van der Waals surface area contributed by atoms with Crippen molar-refractivity contribution in [2.75, 3.05) is 0 Å². The fourth-order valence-corrected chi connectivity index (χ4v) is 24.9. The van der Waals surface area contributed by atoms with Crippen LogP contribution in [-0.4, -0.2) is 59.6 Å². The van der Waals surface area contributed by atoms with E-state index in [4.69, 9.17) is 34.2 Å². The number of hydrogen-bond donors (Lipinski definition) is 0. The van der Waals surface area contributed by atoms with E-state index >= 15 is 0 Å². The van der Waals surface area contributed by atoms with Gasteiger partial charge in [-0.15, -0.1) is 0 Å². The Bertz CT molecular complexity index is 509. The predicted octanol–water partition coefficient (Wildman–Crippen LogP) is 7.16. The normalized spacial score (nSPS) is 32.0. The van der Waals surface area contributed by atoms with E-state index in [0.717, 1.165) is 25.7 Å². The first-order valence-corrected chi connectivity index (χ1v) is 22.0. The van der Waals surface area contributed by atoms with Gasteiger partial charge in [-0.05, 0) is 55.4 Å². The van der Waals surface area contributed by atoms with Crippen LogP contribution in [0, 0.1) is 0 Å². The molecule has 8 nitrogen and oxygen atoms in total. The minimum atomic E-state index is -3.34. The number of rotatable bonds is 16. The zero-order chi connectivity index (χ0) is 27.6. The molecule has 0 aliphatic carbocycles. The van der Waals surface area contributed by atoms with Gasteiger partial charge in [-0.3, -0.25) is 0 Å². The zero-order valence-electron chi connectivity index (χ0n) is 25.2. The van der Waals surface area contributed by atoms with Crippen molar-refractivity contribution >= 4 is 35.2 Å². The second-order valence-electron chi connectivity index (χ2n) is 10.8. The molecule has 1 aliphatic heterocycles. The number of hydrogen-bond acceptors (Lipinski definition) is 8. The first-order valence-electron chi connectivity index (χ1n) is 14.3. The van der Waals surface area contributed by atoms with Gasteiger partial charge in [0.2, 0.25) is 0 Å². The molecule has 36 heavy (non-hydrogen) atoms. The maximum absolute atomic E-state index is 7.15. The van der Waals surface area contributed by atoms with Crippen LogP contribution in [0.2, 0.25) is 24.2 Å². The summed E-state index contributed by atoms with van der Waals surface area (Å²) >= 11 is 0. The van der Waals surface area contributed by atoms with Gasteiger partial charge in [0.15, 0.2) is 0 Å². The van der Waals surface area contributed by atoms with E-state index in [1.54, 1.807) is 0 Å². The first-order chi connectivity index (χ1) is 16.7. The Morgan fingerprint density at radius 3 is 0.667 bits per heavy atom. The summed E-state index contributed by atoms with van der Waals surface area (Å²) in [5, 5.41) is 0. The quantitative estimate of drug-likeness (QED) is 0.177. The van der Waals surface area contributed by atoms with Crippen LogP contribution < -0.4 is 0 Å². The molecule has 0 atom stereocenters. The molecule has 0 spiro atoms. The van der Waals surface area contributed by atoms with Crippen LogP contribution in [0.3, 0.4) is 0 Å². The lowest BCUT2D eigenvalue weighted by atomic mass is 10.5. The average molecular weight is 585 g/mol. The molecule has 1 fully saturated rings. The van der Waals surface area contributed by atoms with Gasteiger partial charge < -0.3 is 34.2 Å². The fraction of sp³-hybridized carbons (Fsp3) is 1.00. The summed E-state index contributed by atoms with van der Waals surface area (Å²) in [6.45, 7) is 24.7. The molecule has 0 N–H and O–H groups in total. The second kappa shape index (κ2) is 15.4. The van der Waals surface area contributed by atoms with E-state index in [9.17, 15) is 0 Å². The predicted molar refractivity (Wildman–Crippen MR) is 153 cm³/mol. The van der Waals surface area contributed by atoms with E-state index in [1.807, 2.05) is 55.4 Å². The van der Waals surface area contributed by atoms with Crippen molar-refractivity contribution in [3.05, 3.63) is 0 Å². The van der Waals surface area contributed by atoms with E-state index < -0.39 is 35.2 Å². The third kappa shape index (κ3) is 10.6. The molecule has 0 radical (unpaired) electrons. The van der Waals surface area contributed by atoms with Crippen LogP contribution >= 0.6 is 0 Å². The largest absolute Gasteiger partial charge is 0.486 e. The molecule has 0 saturated carbocycles. The third-order valence-electron chi connectivity index (χ3n) is 5.13. The molecular weight excluding hydrogens is 529 g/mol. The van der Waals surface area contributed by atoms with Crippen LogP contribution in [0.5, 0.6) is 0 Å². The van der Waals surface area contributed by atoms with Crippen LogP contribution in [0.25, 0.3) is 0 Å². The highest BCUT2D eigenvalue weighted by atomic mass is 28.6. The molecule has 0 amide bonds. The van der Waals surface area contributed by atoms with E-state index in [2.05, 4.69) is 27.7 Å². The fourth-order valence-electron chi connectivity index (χ4n) is 4.53. The highest BCUT2D eigenvalue weighted by Crippen LogP contribution is 2.41. The maximum Gasteiger partial charge on any atom is 0.486 e. The molecule has 216 valence electrons. The van der Waals surface area contributed by atoms with E-state index in [0.29, 0.717) is 24.2 Å². The molecule has 1 saturated heterocycles. The molecule has 12 heteroatoms. The Morgan fingerprint density at radius 1 is 0.389 bits per heavy atom. The van der Waals surface area contributed by atoms with Crippen molar-refractivity contribution in [1.29, 1.82) is 0 Å². The Hall–Kier alpha value is 0.548. The lowest BCUT2D eigenvalue weighted by Gasteiger charge is -2.51.